The monoisotopic (exact) mass is 271 g/mol. The van der Waals surface area contributed by atoms with Crippen molar-refractivity contribution >= 4 is 17.4 Å². The molecule has 1 aliphatic heterocycles. The predicted molar refractivity (Wildman–Crippen MR) is 72.3 cm³/mol. The quantitative estimate of drug-likeness (QED) is 0.842. The number of carbonyl (C=O) groups is 2. The first-order valence-electron chi connectivity index (χ1n) is 6.28. The summed E-state index contributed by atoms with van der Waals surface area (Å²) in [6.45, 7) is 0.325. The molecule has 5 heteroatoms. The lowest BCUT2D eigenvalue weighted by Crippen LogP contribution is -2.37. The lowest BCUT2D eigenvalue weighted by Gasteiger charge is -2.29. The number of furan rings is 1. The van der Waals surface area contributed by atoms with Crippen molar-refractivity contribution in [3.8, 4) is 5.75 Å². The van der Waals surface area contributed by atoms with Gasteiger partial charge in [-0.05, 0) is 24.3 Å². The summed E-state index contributed by atoms with van der Waals surface area (Å²) < 4.78 is 10.4. The Labute approximate surface area is 115 Å². The van der Waals surface area contributed by atoms with E-state index in [2.05, 4.69) is 0 Å². The third kappa shape index (κ3) is 1.87. The molecule has 1 aromatic carbocycles. The minimum Gasteiger partial charge on any atom is -0.495 e. The van der Waals surface area contributed by atoms with E-state index in [9.17, 15) is 9.59 Å². The third-order valence-electron chi connectivity index (χ3n) is 3.33. The van der Waals surface area contributed by atoms with Gasteiger partial charge in [0, 0.05) is 18.5 Å². The van der Waals surface area contributed by atoms with Crippen LogP contribution in [-0.4, -0.2) is 25.3 Å². The third-order valence-corrected chi connectivity index (χ3v) is 3.33. The normalized spacial score (nSPS) is 14.1. The Hall–Kier alpha value is -2.56. The summed E-state index contributed by atoms with van der Waals surface area (Å²) in [5, 5.41) is 0. The second kappa shape index (κ2) is 4.85. The van der Waals surface area contributed by atoms with Gasteiger partial charge in [-0.2, -0.15) is 0 Å². The Morgan fingerprint density at radius 1 is 1.30 bits per heavy atom. The first-order valence-corrected chi connectivity index (χ1v) is 6.28. The largest absolute Gasteiger partial charge is 0.495 e. The number of anilines is 1. The molecule has 0 radical (unpaired) electrons. The summed E-state index contributed by atoms with van der Waals surface area (Å²) in [6, 6.07) is 8.46. The van der Waals surface area contributed by atoms with Crippen LogP contribution in [0.15, 0.2) is 41.0 Å². The number of carbonyl (C=O) groups excluding carboxylic acids is 2. The number of ether oxygens (including phenoxy) is 1. The van der Waals surface area contributed by atoms with Crippen LogP contribution < -0.4 is 9.64 Å². The Morgan fingerprint density at radius 3 is 2.85 bits per heavy atom. The number of rotatable bonds is 2. The highest BCUT2D eigenvalue weighted by molar-refractivity contribution is 6.13. The minimum absolute atomic E-state index is 0.0161. The standard InChI is InChI=1S/C15H13NO4/c1-19-12-5-2-4-10-11(17)7-8-16(14(10)12)15(18)13-6-3-9-20-13/h2-6,9H,7-8H2,1H3. The number of methoxy groups -OCH3 is 1. The van der Waals surface area contributed by atoms with E-state index >= 15 is 0 Å². The van der Waals surface area contributed by atoms with Gasteiger partial charge in [-0.3, -0.25) is 9.59 Å². The average Bonchev–Trinajstić information content (AvgIpc) is 3.01. The molecule has 2 heterocycles. The van der Waals surface area contributed by atoms with Crippen LogP contribution in [0.5, 0.6) is 5.75 Å². The molecule has 0 fully saturated rings. The zero-order valence-corrected chi connectivity index (χ0v) is 11.0. The van der Waals surface area contributed by atoms with E-state index in [-0.39, 0.29) is 17.5 Å². The van der Waals surface area contributed by atoms with Crippen LogP contribution in [0.2, 0.25) is 0 Å². The molecule has 0 spiro atoms. The highest BCUT2D eigenvalue weighted by Crippen LogP contribution is 2.36. The molecule has 0 aliphatic carbocycles. The van der Waals surface area contributed by atoms with Crippen molar-refractivity contribution in [1.82, 2.24) is 0 Å². The number of para-hydroxylation sites is 1. The van der Waals surface area contributed by atoms with Crippen molar-refractivity contribution in [2.45, 2.75) is 6.42 Å². The van der Waals surface area contributed by atoms with E-state index in [4.69, 9.17) is 9.15 Å². The van der Waals surface area contributed by atoms with Gasteiger partial charge in [0.2, 0.25) is 0 Å². The Kier molecular flexibility index (Phi) is 3.02. The molecule has 3 rings (SSSR count). The summed E-state index contributed by atoms with van der Waals surface area (Å²) >= 11 is 0. The summed E-state index contributed by atoms with van der Waals surface area (Å²) in [5.74, 6) is 0.502. The van der Waals surface area contributed by atoms with Crippen molar-refractivity contribution in [1.29, 1.82) is 0 Å². The van der Waals surface area contributed by atoms with Crippen LogP contribution in [0.4, 0.5) is 5.69 Å². The first kappa shape index (κ1) is 12.5. The molecule has 0 bridgehead atoms. The Balaban J connectivity index is 2.10. The molecule has 0 atom stereocenters. The maximum absolute atomic E-state index is 12.5. The highest BCUT2D eigenvalue weighted by Gasteiger charge is 2.31. The average molecular weight is 271 g/mol. The predicted octanol–water partition coefficient (Wildman–Crippen LogP) is 2.52. The van der Waals surface area contributed by atoms with Gasteiger partial charge in [-0.15, -0.1) is 0 Å². The molecule has 1 aliphatic rings. The van der Waals surface area contributed by atoms with E-state index in [0.29, 0.717) is 30.0 Å². The van der Waals surface area contributed by atoms with Crippen LogP contribution in [-0.2, 0) is 0 Å². The fourth-order valence-corrected chi connectivity index (χ4v) is 2.39. The smallest absolute Gasteiger partial charge is 0.294 e. The maximum atomic E-state index is 12.5. The summed E-state index contributed by atoms with van der Waals surface area (Å²) in [4.78, 5) is 26.0. The molecular formula is C15H13NO4. The van der Waals surface area contributed by atoms with Gasteiger partial charge in [0.05, 0.1) is 19.1 Å². The van der Waals surface area contributed by atoms with E-state index in [1.54, 1.807) is 30.3 Å². The van der Waals surface area contributed by atoms with E-state index in [0.717, 1.165) is 0 Å². The van der Waals surface area contributed by atoms with Crippen molar-refractivity contribution in [3.05, 3.63) is 47.9 Å². The second-order valence-electron chi connectivity index (χ2n) is 4.46. The van der Waals surface area contributed by atoms with E-state index in [1.165, 1.54) is 18.3 Å². The molecule has 0 saturated carbocycles. The van der Waals surface area contributed by atoms with Gasteiger partial charge in [-0.1, -0.05) is 6.07 Å². The second-order valence-corrected chi connectivity index (χ2v) is 4.46. The highest BCUT2D eigenvalue weighted by atomic mass is 16.5. The first-order chi connectivity index (χ1) is 9.72. The van der Waals surface area contributed by atoms with Gasteiger partial charge in [0.15, 0.2) is 11.5 Å². The lowest BCUT2D eigenvalue weighted by molar-refractivity contribution is 0.0938. The van der Waals surface area contributed by atoms with Crippen LogP contribution in [0, 0.1) is 0 Å². The topological polar surface area (TPSA) is 59.8 Å². The lowest BCUT2D eigenvalue weighted by atomic mass is 9.99. The van der Waals surface area contributed by atoms with Crippen molar-refractivity contribution in [2.24, 2.45) is 0 Å². The van der Waals surface area contributed by atoms with Gasteiger partial charge in [0.1, 0.15) is 5.75 Å². The van der Waals surface area contributed by atoms with E-state index < -0.39 is 0 Å². The Bertz CT molecular complexity index is 661. The molecule has 0 N–H and O–H groups in total. The van der Waals surface area contributed by atoms with Crippen LogP contribution in [0.1, 0.15) is 27.3 Å². The Morgan fingerprint density at radius 2 is 2.15 bits per heavy atom. The molecule has 1 aromatic heterocycles. The molecule has 102 valence electrons. The summed E-state index contributed by atoms with van der Waals surface area (Å²) in [5.41, 5.74) is 1.03. The van der Waals surface area contributed by atoms with Crippen LogP contribution in [0.25, 0.3) is 0 Å². The molecule has 1 amide bonds. The van der Waals surface area contributed by atoms with Crippen LogP contribution >= 0.6 is 0 Å². The fraction of sp³-hybridized carbons (Fsp3) is 0.200. The molecule has 5 nitrogen and oxygen atoms in total. The van der Waals surface area contributed by atoms with Crippen LogP contribution in [0.3, 0.4) is 0 Å². The number of hydrogen-bond acceptors (Lipinski definition) is 4. The molecule has 0 unspecified atom stereocenters. The van der Waals surface area contributed by atoms with Crippen molar-refractivity contribution < 1.29 is 18.7 Å². The number of amides is 1. The van der Waals surface area contributed by atoms with Gasteiger partial charge >= 0.3 is 0 Å². The van der Waals surface area contributed by atoms with Crippen molar-refractivity contribution in [3.63, 3.8) is 0 Å². The molecule has 2 aromatic rings. The van der Waals surface area contributed by atoms with Gasteiger partial charge < -0.3 is 14.1 Å². The molecule has 0 saturated heterocycles. The number of nitrogens with zero attached hydrogens (tertiary/aromatic N) is 1. The molecule has 20 heavy (non-hydrogen) atoms. The van der Waals surface area contributed by atoms with E-state index in [1.807, 2.05) is 0 Å². The maximum Gasteiger partial charge on any atom is 0.294 e. The van der Waals surface area contributed by atoms with Crippen molar-refractivity contribution in [2.75, 3.05) is 18.6 Å². The number of benzene rings is 1. The molecular weight excluding hydrogens is 258 g/mol. The summed E-state index contributed by atoms with van der Waals surface area (Å²) in [6.07, 6.45) is 1.75. The SMILES string of the molecule is COc1cccc2c1N(C(=O)c1ccco1)CCC2=O. The zero-order valence-electron chi connectivity index (χ0n) is 11.0. The van der Waals surface area contributed by atoms with Gasteiger partial charge in [-0.25, -0.2) is 0 Å². The number of fused-ring (bicyclic) bond motifs is 1. The number of Topliss-reactive ketones (excluding diaryl/α,β-unsaturated/α-hetero) is 1. The minimum atomic E-state index is -0.270. The number of hydrogen-bond donors (Lipinski definition) is 0. The van der Waals surface area contributed by atoms with Gasteiger partial charge in [0.25, 0.3) is 5.91 Å². The fourth-order valence-electron chi connectivity index (χ4n) is 2.39. The number of ketones is 1. The zero-order chi connectivity index (χ0) is 14.1. The summed E-state index contributed by atoms with van der Waals surface area (Å²) in [7, 11) is 1.52.